The first-order chi connectivity index (χ1) is 22.9. The standard InChI is InChI=1S/C38H35F2N3O4/c1-4-46-38(44)37-29(12-8-18-47-33-13-7-11-24-19-27(39)14-15-28(24)33)30-16-17-31(40)35-34-23(2)42(3)41-32(34)22-45-21-26-10-6-5-9-25(26)20-43(37)36(30)35/h5-7,9-11,13-17,19H,4,8,12,18,20-22H2,1-3H3. The summed E-state index contributed by atoms with van der Waals surface area (Å²) in [5.74, 6) is -0.511. The quantitative estimate of drug-likeness (QED) is 0.131. The van der Waals surface area contributed by atoms with Crippen molar-refractivity contribution in [3.05, 3.63) is 118 Å². The Kier molecular flexibility index (Phi) is 8.24. The maximum absolute atomic E-state index is 16.2. The molecule has 0 radical (unpaired) electrons. The highest BCUT2D eigenvalue weighted by atomic mass is 19.1. The van der Waals surface area contributed by atoms with Crippen LogP contribution in [-0.4, -0.2) is 33.5 Å². The Labute approximate surface area is 271 Å². The van der Waals surface area contributed by atoms with Gasteiger partial charge in [-0.3, -0.25) is 4.68 Å². The molecule has 1 aliphatic heterocycles. The third kappa shape index (κ3) is 5.54. The molecule has 7 rings (SSSR count). The number of benzene rings is 4. The topological polar surface area (TPSA) is 67.5 Å². The maximum atomic E-state index is 16.2. The first-order valence-electron chi connectivity index (χ1n) is 15.8. The molecule has 240 valence electrons. The number of esters is 1. The van der Waals surface area contributed by atoms with E-state index in [1.807, 2.05) is 61.0 Å². The van der Waals surface area contributed by atoms with Crippen molar-refractivity contribution in [3.63, 3.8) is 0 Å². The number of hydrogen-bond donors (Lipinski definition) is 0. The molecule has 0 saturated carbocycles. The highest BCUT2D eigenvalue weighted by molar-refractivity contribution is 6.05. The summed E-state index contributed by atoms with van der Waals surface area (Å²) in [5.41, 5.74) is 6.21. The fourth-order valence-electron chi connectivity index (χ4n) is 6.74. The lowest BCUT2D eigenvalue weighted by Crippen LogP contribution is -2.16. The Balaban J connectivity index is 1.37. The van der Waals surface area contributed by atoms with Gasteiger partial charge in [0.05, 0.1) is 37.6 Å². The van der Waals surface area contributed by atoms with Gasteiger partial charge in [0.25, 0.3) is 0 Å². The van der Waals surface area contributed by atoms with Crippen LogP contribution in [0.3, 0.4) is 0 Å². The lowest BCUT2D eigenvalue weighted by atomic mass is 9.97. The van der Waals surface area contributed by atoms with Gasteiger partial charge in [0, 0.05) is 41.2 Å². The Morgan fingerprint density at radius 1 is 0.957 bits per heavy atom. The maximum Gasteiger partial charge on any atom is 0.355 e. The van der Waals surface area contributed by atoms with E-state index in [4.69, 9.17) is 19.3 Å². The van der Waals surface area contributed by atoms with E-state index in [0.29, 0.717) is 66.4 Å². The predicted octanol–water partition coefficient (Wildman–Crippen LogP) is 8.05. The Morgan fingerprint density at radius 3 is 2.60 bits per heavy atom. The number of fused-ring (bicyclic) bond motifs is 4. The van der Waals surface area contributed by atoms with Crippen molar-refractivity contribution in [2.45, 2.75) is 46.4 Å². The van der Waals surface area contributed by atoms with Crippen molar-refractivity contribution >= 4 is 27.6 Å². The van der Waals surface area contributed by atoms with Crippen LogP contribution in [0.2, 0.25) is 0 Å². The second-order valence-electron chi connectivity index (χ2n) is 11.8. The fraction of sp³-hybridized carbons (Fsp3) is 0.263. The lowest BCUT2D eigenvalue weighted by Gasteiger charge is -2.16. The molecule has 0 saturated heterocycles. The number of nitrogens with zero attached hydrogens (tertiary/aromatic N) is 3. The first kappa shape index (κ1) is 30.6. The molecule has 0 amide bonds. The minimum atomic E-state index is -0.464. The molecule has 0 spiro atoms. The molecular weight excluding hydrogens is 600 g/mol. The summed E-state index contributed by atoms with van der Waals surface area (Å²) in [5, 5.41) is 7.07. The number of carbonyl (C=O) groups excluding carboxylic acids is 1. The molecule has 0 fully saturated rings. The van der Waals surface area contributed by atoms with Crippen LogP contribution in [-0.2, 0) is 42.7 Å². The smallest absolute Gasteiger partial charge is 0.355 e. The molecule has 6 aromatic rings. The molecule has 0 unspecified atom stereocenters. The number of aromatic nitrogens is 3. The molecule has 9 heteroatoms. The zero-order chi connectivity index (χ0) is 32.7. The van der Waals surface area contributed by atoms with Crippen LogP contribution in [0.1, 0.15) is 51.9 Å². The second-order valence-corrected chi connectivity index (χ2v) is 11.8. The van der Waals surface area contributed by atoms with E-state index in [0.717, 1.165) is 38.5 Å². The third-order valence-corrected chi connectivity index (χ3v) is 8.98. The van der Waals surface area contributed by atoms with Crippen LogP contribution in [0.5, 0.6) is 5.75 Å². The van der Waals surface area contributed by atoms with Gasteiger partial charge >= 0.3 is 5.97 Å². The first-order valence-corrected chi connectivity index (χ1v) is 15.8. The summed E-state index contributed by atoms with van der Waals surface area (Å²) in [7, 11) is 1.84. The molecule has 0 aliphatic carbocycles. The molecular formula is C38H35F2N3O4. The summed E-state index contributed by atoms with van der Waals surface area (Å²) in [6.07, 6.45) is 1.04. The number of aryl methyl sites for hydroxylation is 2. The van der Waals surface area contributed by atoms with Gasteiger partial charge in [0.15, 0.2) is 0 Å². The SMILES string of the molecule is CCOC(=O)c1c(CCCOc2cccc3cc(F)ccc23)c2ccc(F)c3c2n1Cc1ccccc1COCc1nn(C)c(C)c1-3. The van der Waals surface area contributed by atoms with Crippen LogP contribution in [0, 0.1) is 18.6 Å². The van der Waals surface area contributed by atoms with Crippen molar-refractivity contribution in [3.8, 4) is 16.9 Å². The van der Waals surface area contributed by atoms with E-state index in [1.165, 1.54) is 18.2 Å². The van der Waals surface area contributed by atoms with Crippen LogP contribution in [0.25, 0.3) is 32.8 Å². The number of carbonyl (C=O) groups is 1. The summed E-state index contributed by atoms with van der Waals surface area (Å²) >= 11 is 0. The molecule has 0 atom stereocenters. The summed E-state index contributed by atoms with van der Waals surface area (Å²) in [6.45, 7) is 5.11. The molecule has 7 nitrogen and oxygen atoms in total. The fourth-order valence-corrected chi connectivity index (χ4v) is 6.74. The monoisotopic (exact) mass is 635 g/mol. The van der Waals surface area contributed by atoms with Crippen molar-refractivity contribution < 1.29 is 27.8 Å². The molecule has 0 N–H and O–H groups in total. The Hall–Kier alpha value is -5.02. The van der Waals surface area contributed by atoms with Crippen LogP contribution in [0.15, 0.2) is 72.8 Å². The second kappa shape index (κ2) is 12.6. The highest BCUT2D eigenvalue weighted by Crippen LogP contribution is 2.41. The predicted molar refractivity (Wildman–Crippen MR) is 177 cm³/mol. The molecule has 47 heavy (non-hydrogen) atoms. The summed E-state index contributed by atoms with van der Waals surface area (Å²) in [4.78, 5) is 13.9. The molecule has 2 aromatic heterocycles. The normalized spacial score (nSPS) is 12.9. The van der Waals surface area contributed by atoms with E-state index in [-0.39, 0.29) is 19.0 Å². The number of rotatable bonds is 7. The van der Waals surface area contributed by atoms with Gasteiger partial charge in [-0.2, -0.15) is 5.10 Å². The van der Waals surface area contributed by atoms with Crippen molar-refractivity contribution in [1.29, 1.82) is 0 Å². The number of hydrogen-bond acceptors (Lipinski definition) is 5. The highest BCUT2D eigenvalue weighted by Gasteiger charge is 2.30. The van der Waals surface area contributed by atoms with Gasteiger partial charge in [0.1, 0.15) is 23.1 Å². The van der Waals surface area contributed by atoms with Crippen LogP contribution in [0.4, 0.5) is 8.78 Å². The number of halogens is 2. The van der Waals surface area contributed by atoms with Gasteiger partial charge in [-0.1, -0.05) is 36.4 Å². The van der Waals surface area contributed by atoms with Crippen LogP contribution < -0.4 is 4.74 Å². The molecule has 3 heterocycles. The third-order valence-electron chi connectivity index (χ3n) is 8.98. The zero-order valence-electron chi connectivity index (χ0n) is 26.6. The Bertz CT molecular complexity index is 2150. The largest absolute Gasteiger partial charge is 0.493 e. The Morgan fingerprint density at radius 2 is 1.77 bits per heavy atom. The average molecular weight is 636 g/mol. The van der Waals surface area contributed by atoms with Crippen LogP contribution >= 0.6 is 0 Å². The van der Waals surface area contributed by atoms with Gasteiger partial charge in [0.2, 0.25) is 0 Å². The number of ether oxygens (including phenoxy) is 3. The van der Waals surface area contributed by atoms with E-state index < -0.39 is 11.8 Å². The van der Waals surface area contributed by atoms with Crippen molar-refractivity contribution in [1.82, 2.24) is 14.3 Å². The van der Waals surface area contributed by atoms with E-state index in [1.54, 1.807) is 23.7 Å². The average Bonchev–Trinajstić information content (AvgIpc) is 3.51. The van der Waals surface area contributed by atoms with Crippen molar-refractivity contribution in [2.24, 2.45) is 7.05 Å². The van der Waals surface area contributed by atoms with Gasteiger partial charge < -0.3 is 18.8 Å². The summed E-state index contributed by atoms with van der Waals surface area (Å²) < 4.78 is 51.7. The molecule has 1 aliphatic rings. The minimum Gasteiger partial charge on any atom is -0.493 e. The minimum absolute atomic E-state index is 0.197. The zero-order valence-corrected chi connectivity index (χ0v) is 26.6. The molecule has 4 aromatic carbocycles. The van der Waals surface area contributed by atoms with Gasteiger partial charge in [-0.15, -0.1) is 0 Å². The summed E-state index contributed by atoms with van der Waals surface area (Å²) in [6, 6.07) is 21.3. The lowest BCUT2D eigenvalue weighted by molar-refractivity contribution is 0.0513. The van der Waals surface area contributed by atoms with Gasteiger partial charge in [-0.25, -0.2) is 13.6 Å². The van der Waals surface area contributed by atoms with Crippen molar-refractivity contribution in [2.75, 3.05) is 13.2 Å². The molecule has 0 bridgehead atoms. The van der Waals surface area contributed by atoms with E-state index >= 15 is 4.39 Å². The van der Waals surface area contributed by atoms with Gasteiger partial charge in [-0.05, 0) is 85.2 Å². The van der Waals surface area contributed by atoms with E-state index in [9.17, 15) is 9.18 Å². The van der Waals surface area contributed by atoms with E-state index in [2.05, 4.69) is 0 Å².